The van der Waals surface area contributed by atoms with E-state index in [1.165, 1.54) is 45.4 Å². The van der Waals surface area contributed by atoms with E-state index in [0.29, 0.717) is 35.2 Å². The van der Waals surface area contributed by atoms with E-state index in [-0.39, 0.29) is 18.0 Å². The van der Waals surface area contributed by atoms with E-state index in [0.717, 1.165) is 48.9 Å². The third kappa shape index (κ3) is 5.55. The zero-order valence-corrected chi connectivity index (χ0v) is 25.0. The quantitative estimate of drug-likeness (QED) is 0.243. The summed E-state index contributed by atoms with van der Waals surface area (Å²) in [5.74, 6) is 5.50. The highest BCUT2D eigenvalue weighted by Crippen LogP contribution is 2.68. The van der Waals surface area contributed by atoms with Crippen LogP contribution in [0.25, 0.3) is 0 Å². The minimum Gasteiger partial charge on any atom is -0.466 e. The molecule has 0 aliphatic heterocycles. The van der Waals surface area contributed by atoms with Crippen LogP contribution in [0.5, 0.6) is 0 Å². The van der Waals surface area contributed by atoms with Gasteiger partial charge in [-0.2, -0.15) is 0 Å². The second kappa shape index (κ2) is 11.0. The molecule has 0 saturated heterocycles. The molecule has 0 radical (unpaired) electrons. The van der Waals surface area contributed by atoms with Crippen LogP contribution in [0, 0.1) is 58.2 Å². The van der Waals surface area contributed by atoms with Crippen molar-refractivity contribution in [3.05, 3.63) is 11.6 Å². The normalized spacial score (nSPS) is 41.4. The van der Waals surface area contributed by atoms with Crippen molar-refractivity contribution in [3.8, 4) is 0 Å². The summed E-state index contributed by atoms with van der Waals surface area (Å²) in [4.78, 5) is 22.8. The molecule has 11 atom stereocenters. The highest BCUT2D eigenvalue weighted by atomic mass is 16.5. The zero-order valence-electron chi connectivity index (χ0n) is 25.0. The van der Waals surface area contributed by atoms with E-state index in [2.05, 4.69) is 47.6 Å². The summed E-state index contributed by atoms with van der Waals surface area (Å²) < 4.78 is 10.9. The lowest BCUT2D eigenvalue weighted by Crippen LogP contribution is -2.51. The van der Waals surface area contributed by atoms with E-state index >= 15 is 0 Å². The van der Waals surface area contributed by atoms with Crippen molar-refractivity contribution >= 4 is 11.9 Å². The maximum absolute atomic E-state index is 11.6. The minimum absolute atomic E-state index is 0.0807. The molecule has 4 rings (SSSR count). The number of esters is 2. The van der Waals surface area contributed by atoms with Crippen LogP contribution >= 0.6 is 0 Å². The molecule has 4 heteroatoms. The molecule has 0 heterocycles. The van der Waals surface area contributed by atoms with Crippen molar-refractivity contribution in [3.63, 3.8) is 0 Å². The SMILES string of the molecule is CC(=O)OCC(C)CCC(C)C(C)C1C(C)CC2C3CC=C4CC(OC(C)=O)CCC4(C)C3CCC21C. The molecule has 11 unspecified atom stereocenters. The summed E-state index contributed by atoms with van der Waals surface area (Å²) in [6.45, 7) is 18.6. The molecule has 4 nitrogen and oxygen atoms in total. The third-order valence-electron chi connectivity index (χ3n) is 12.0. The van der Waals surface area contributed by atoms with Crippen molar-refractivity contribution in [2.45, 2.75) is 119 Å². The first-order chi connectivity index (χ1) is 17.4. The Morgan fingerprint density at radius 2 is 1.76 bits per heavy atom. The molecular weight excluding hydrogens is 460 g/mol. The van der Waals surface area contributed by atoms with Crippen molar-refractivity contribution in [1.29, 1.82) is 0 Å². The predicted molar refractivity (Wildman–Crippen MR) is 149 cm³/mol. The largest absolute Gasteiger partial charge is 0.466 e. The Balaban J connectivity index is 1.44. The number of ether oxygens (including phenoxy) is 2. The molecule has 0 aromatic rings. The van der Waals surface area contributed by atoms with Crippen LogP contribution in [0.1, 0.15) is 113 Å². The molecule has 4 aliphatic carbocycles. The van der Waals surface area contributed by atoms with Gasteiger partial charge in [0.15, 0.2) is 0 Å². The van der Waals surface area contributed by atoms with Crippen LogP contribution in [0.3, 0.4) is 0 Å². The molecule has 3 fully saturated rings. The number of rotatable bonds is 8. The van der Waals surface area contributed by atoms with Gasteiger partial charge in [-0.15, -0.1) is 0 Å². The molecule has 210 valence electrons. The van der Waals surface area contributed by atoms with Crippen molar-refractivity contribution in [2.75, 3.05) is 6.61 Å². The van der Waals surface area contributed by atoms with Crippen LogP contribution in [-0.2, 0) is 19.1 Å². The van der Waals surface area contributed by atoms with Crippen molar-refractivity contribution < 1.29 is 19.1 Å². The maximum Gasteiger partial charge on any atom is 0.302 e. The molecule has 4 aliphatic rings. The third-order valence-corrected chi connectivity index (χ3v) is 12.0. The minimum atomic E-state index is -0.168. The maximum atomic E-state index is 11.6. The fourth-order valence-electron chi connectivity index (χ4n) is 9.99. The summed E-state index contributed by atoms with van der Waals surface area (Å²) in [5.41, 5.74) is 2.32. The van der Waals surface area contributed by atoms with Gasteiger partial charge >= 0.3 is 11.9 Å². The topological polar surface area (TPSA) is 52.6 Å². The Morgan fingerprint density at radius 1 is 1.03 bits per heavy atom. The lowest BCUT2D eigenvalue weighted by molar-refractivity contribution is -0.148. The Kier molecular flexibility index (Phi) is 8.56. The highest BCUT2D eigenvalue weighted by molar-refractivity contribution is 5.66. The van der Waals surface area contributed by atoms with Gasteiger partial charge in [-0.05, 0) is 103 Å². The number of carbonyl (C=O) groups is 2. The van der Waals surface area contributed by atoms with E-state index in [9.17, 15) is 9.59 Å². The highest BCUT2D eigenvalue weighted by Gasteiger charge is 2.61. The van der Waals surface area contributed by atoms with Gasteiger partial charge in [0.1, 0.15) is 6.10 Å². The van der Waals surface area contributed by atoms with Gasteiger partial charge in [0.2, 0.25) is 0 Å². The Hall–Kier alpha value is -1.32. The zero-order chi connectivity index (χ0) is 27.1. The van der Waals surface area contributed by atoms with Gasteiger partial charge in [-0.1, -0.05) is 59.6 Å². The number of carbonyl (C=O) groups excluding carboxylic acids is 2. The average Bonchev–Trinajstić information content (AvgIpc) is 3.10. The number of hydrogen-bond acceptors (Lipinski definition) is 4. The molecule has 37 heavy (non-hydrogen) atoms. The molecule has 3 saturated carbocycles. The second-order valence-electron chi connectivity index (χ2n) is 14.3. The van der Waals surface area contributed by atoms with Gasteiger partial charge in [-0.3, -0.25) is 9.59 Å². The van der Waals surface area contributed by atoms with E-state index < -0.39 is 0 Å². The molecule has 0 amide bonds. The molecule has 0 aromatic heterocycles. The lowest BCUT2D eigenvalue weighted by atomic mass is 9.46. The number of fused-ring (bicyclic) bond motifs is 5. The average molecular weight is 515 g/mol. The van der Waals surface area contributed by atoms with E-state index in [1.54, 1.807) is 12.5 Å². The van der Waals surface area contributed by atoms with Gasteiger partial charge < -0.3 is 9.47 Å². The summed E-state index contributed by atoms with van der Waals surface area (Å²) in [6.07, 6.45) is 13.5. The smallest absolute Gasteiger partial charge is 0.302 e. The summed E-state index contributed by atoms with van der Waals surface area (Å²) in [6, 6.07) is 0. The summed E-state index contributed by atoms with van der Waals surface area (Å²) >= 11 is 0. The fourth-order valence-corrected chi connectivity index (χ4v) is 9.99. The number of hydrogen-bond donors (Lipinski definition) is 0. The summed E-state index contributed by atoms with van der Waals surface area (Å²) in [5, 5.41) is 0. The standard InChI is InChI=1S/C33H54O4/c1-20(19-36-24(5)34)9-10-21(2)23(4)31-22(3)17-30-28-12-11-26-18-27(37-25(6)35)13-15-32(26,7)29(28)14-16-33(30,31)8/h11,20-23,27-31H,9-10,12-19H2,1-8H3. The van der Waals surface area contributed by atoms with Crippen LogP contribution in [0.15, 0.2) is 11.6 Å². The van der Waals surface area contributed by atoms with E-state index in [1.807, 2.05) is 0 Å². The molecule has 0 aromatic carbocycles. The van der Waals surface area contributed by atoms with Gasteiger partial charge in [0, 0.05) is 20.3 Å². The molecular formula is C33H54O4. The lowest BCUT2D eigenvalue weighted by Gasteiger charge is -2.58. The second-order valence-corrected chi connectivity index (χ2v) is 14.3. The first kappa shape index (κ1) is 28.7. The Labute approximate surface area is 226 Å². The Morgan fingerprint density at radius 3 is 2.43 bits per heavy atom. The first-order valence-corrected chi connectivity index (χ1v) is 15.4. The van der Waals surface area contributed by atoms with Gasteiger partial charge in [0.05, 0.1) is 6.61 Å². The van der Waals surface area contributed by atoms with Gasteiger partial charge in [0.25, 0.3) is 0 Å². The van der Waals surface area contributed by atoms with Crippen molar-refractivity contribution in [2.24, 2.45) is 58.2 Å². The number of allylic oxidation sites excluding steroid dienone is 1. The first-order valence-electron chi connectivity index (χ1n) is 15.4. The molecule has 0 bridgehead atoms. The molecule has 0 N–H and O–H groups in total. The van der Waals surface area contributed by atoms with Crippen LogP contribution in [0.2, 0.25) is 0 Å². The van der Waals surface area contributed by atoms with E-state index in [4.69, 9.17) is 9.47 Å². The Bertz CT molecular complexity index is 878. The van der Waals surface area contributed by atoms with Crippen LogP contribution in [0.4, 0.5) is 0 Å². The summed E-state index contributed by atoms with van der Waals surface area (Å²) in [7, 11) is 0. The fraction of sp³-hybridized carbons (Fsp3) is 0.879. The molecule has 0 spiro atoms. The van der Waals surface area contributed by atoms with Gasteiger partial charge in [-0.25, -0.2) is 0 Å². The van der Waals surface area contributed by atoms with Crippen molar-refractivity contribution in [1.82, 2.24) is 0 Å². The van der Waals surface area contributed by atoms with Crippen LogP contribution < -0.4 is 0 Å². The monoisotopic (exact) mass is 514 g/mol. The predicted octanol–water partition coefficient (Wildman–Crippen LogP) is 7.99. The van der Waals surface area contributed by atoms with Crippen LogP contribution in [-0.4, -0.2) is 24.6 Å².